The number of rotatable bonds is 3. The van der Waals surface area contributed by atoms with Crippen molar-refractivity contribution in [3.8, 4) is 0 Å². The number of amides is 2. The second kappa shape index (κ2) is 7.60. The highest BCUT2D eigenvalue weighted by Crippen LogP contribution is 2.33. The maximum Gasteiger partial charge on any atom is 0.269 e. The first-order valence-corrected chi connectivity index (χ1v) is 11.6. The third-order valence-corrected chi connectivity index (χ3v) is 7.51. The van der Waals surface area contributed by atoms with Crippen LogP contribution in [0.15, 0.2) is 29.2 Å². The molecular weight excluding hydrogens is 418 g/mol. The molecule has 3 heterocycles. The largest absolute Gasteiger partial charge is 0.353 e. The first kappa shape index (κ1) is 21.2. The molecule has 1 fully saturated rings. The zero-order chi connectivity index (χ0) is 22.5. The van der Waals surface area contributed by atoms with Gasteiger partial charge in [0, 0.05) is 49.5 Å². The molecule has 10 heteroatoms. The Balaban J connectivity index is 1.52. The van der Waals surface area contributed by atoms with E-state index in [1.807, 2.05) is 19.9 Å². The van der Waals surface area contributed by atoms with Crippen LogP contribution in [0.25, 0.3) is 0 Å². The standard InChI is InChI=1S/C21H25N5O4S/c1-13(2)26-21(28)17-6-5-16(12-18(17)31(26,29)30)20(27)25-9-7-24(8-10-25)19-11-14(3)22-15(4)23-19/h5-6,11-13H,7-10H2,1-4H3. The maximum atomic E-state index is 13.0. The Morgan fingerprint density at radius 3 is 2.32 bits per heavy atom. The Morgan fingerprint density at radius 2 is 1.71 bits per heavy atom. The molecule has 0 radical (unpaired) electrons. The molecular formula is C21H25N5O4S. The van der Waals surface area contributed by atoms with Crippen molar-refractivity contribution in [2.24, 2.45) is 0 Å². The summed E-state index contributed by atoms with van der Waals surface area (Å²) in [5.41, 5.74) is 1.28. The first-order valence-electron chi connectivity index (χ1n) is 10.2. The number of aryl methyl sites for hydroxylation is 2. The number of aromatic nitrogens is 2. The van der Waals surface area contributed by atoms with Crippen LogP contribution in [-0.4, -0.2) is 71.6 Å². The number of fused-ring (bicyclic) bond motifs is 1. The summed E-state index contributed by atoms with van der Waals surface area (Å²) in [6.07, 6.45) is 0. The van der Waals surface area contributed by atoms with Crippen molar-refractivity contribution in [1.29, 1.82) is 0 Å². The highest BCUT2D eigenvalue weighted by molar-refractivity contribution is 7.90. The summed E-state index contributed by atoms with van der Waals surface area (Å²) in [5, 5.41) is 0. The number of carbonyl (C=O) groups is 2. The van der Waals surface area contributed by atoms with Crippen LogP contribution in [0.5, 0.6) is 0 Å². The average Bonchev–Trinajstić information content (AvgIpc) is 2.92. The SMILES string of the molecule is Cc1cc(N2CCN(C(=O)c3ccc4c(c3)S(=O)(=O)N(C(C)C)C4=O)CC2)nc(C)n1. The van der Waals surface area contributed by atoms with Crippen molar-refractivity contribution in [2.75, 3.05) is 31.1 Å². The van der Waals surface area contributed by atoms with Crippen molar-refractivity contribution in [3.05, 3.63) is 46.9 Å². The van der Waals surface area contributed by atoms with Crippen LogP contribution >= 0.6 is 0 Å². The molecule has 9 nitrogen and oxygen atoms in total. The fourth-order valence-corrected chi connectivity index (χ4v) is 5.86. The minimum atomic E-state index is -3.94. The van der Waals surface area contributed by atoms with Gasteiger partial charge in [-0.05, 0) is 45.9 Å². The highest BCUT2D eigenvalue weighted by Gasteiger charge is 2.43. The zero-order valence-electron chi connectivity index (χ0n) is 18.0. The number of hydrogen-bond acceptors (Lipinski definition) is 7. The van der Waals surface area contributed by atoms with Crippen LogP contribution in [0.2, 0.25) is 0 Å². The van der Waals surface area contributed by atoms with Crippen LogP contribution in [0.1, 0.15) is 46.1 Å². The van der Waals surface area contributed by atoms with Gasteiger partial charge in [-0.2, -0.15) is 0 Å². The molecule has 1 saturated heterocycles. The van der Waals surface area contributed by atoms with Gasteiger partial charge in [0.05, 0.1) is 5.56 Å². The van der Waals surface area contributed by atoms with E-state index in [9.17, 15) is 18.0 Å². The Hall–Kier alpha value is -3.01. The molecule has 0 N–H and O–H groups in total. The van der Waals surface area contributed by atoms with Gasteiger partial charge in [0.2, 0.25) is 0 Å². The summed E-state index contributed by atoms with van der Waals surface area (Å²) < 4.78 is 26.5. The van der Waals surface area contributed by atoms with Gasteiger partial charge < -0.3 is 9.80 Å². The van der Waals surface area contributed by atoms with E-state index in [0.29, 0.717) is 32.0 Å². The van der Waals surface area contributed by atoms with Gasteiger partial charge in [-0.3, -0.25) is 9.59 Å². The number of nitrogens with zero attached hydrogens (tertiary/aromatic N) is 5. The van der Waals surface area contributed by atoms with Crippen molar-refractivity contribution in [2.45, 2.75) is 38.6 Å². The number of benzene rings is 1. The monoisotopic (exact) mass is 443 g/mol. The molecule has 0 atom stereocenters. The number of carbonyl (C=O) groups excluding carboxylic acids is 2. The van der Waals surface area contributed by atoms with E-state index < -0.39 is 22.0 Å². The lowest BCUT2D eigenvalue weighted by Crippen LogP contribution is -2.49. The van der Waals surface area contributed by atoms with Gasteiger partial charge in [-0.1, -0.05) is 0 Å². The Morgan fingerprint density at radius 1 is 1.03 bits per heavy atom. The topological polar surface area (TPSA) is 104 Å². The van der Waals surface area contributed by atoms with Gasteiger partial charge in [0.1, 0.15) is 16.5 Å². The van der Waals surface area contributed by atoms with Gasteiger partial charge in [0.15, 0.2) is 0 Å². The molecule has 2 amide bonds. The van der Waals surface area contributed by atoms with E-state index in [2.05, 4.69) is 14.9 Å². The smallest absolute Gasteiger partial charge is 0.269 e. The third kappa shape index (κ3) is 3.65. The maximum absolute atomic E-state index is 13.0. The number of hydrogen-bond donors (Lipinski definition) is 0. The van der Waals surface area contributed by atoms with Crippen LogP contribution in [-0.2, 0) is 10.0 Å². The Bertz CT molecular complexity index is 1150. The minimum absolute atomic E-state index is 0.0948. The average molecular weight is 444 g/mol. The summed E-state index contributed by atoms with van der Waals surface area (Å²) in [5.74, 6) is 0.752. The van der Waals surface area contributed by atoms with Gasteiger partial charge in [-0.15, -0.1) is 0 Å². The summed E-state index contributed by atoms with van der Waals surface area (Å²) >= 11 is 0. The molecule has 0 spiro atoms. The normalized spacial score (nSPS) is 18.0. The Labute approximate surface area is 181 Å². The van der Waals surface area contributed by atoms with Crippen LogP contribution in [0.4, 0.5) is 5.82 Å². The zero-order valence-corrected chi connectivity index (χ0v) is 18.8. The lowest BCUT2D eigenvalue weighted by molar-refractivity contribution is 0.0745. The molecule has 0 aliphatic carbocycles. The number of piperazine rings is 1. The van der Waals surface area contributed by atoms with Crippen molar-refractivity contribution in [3.63, 3.8) is 0 Å². The molecule has 0 saturated carbocycles. The van der Waals surface area contributed by atoms with Gasteiger partial charge in [-0.25, -0.2) is 22.7 Å². The Kier molecular flexibility index (Phi) is 5.20. The molecule has 2 aromatic rings. The summed E-state index contributed by atoms with van der Waals surface area (Å²) in [6, 6.07) is 5.73. The second-order valence-electron chi connectivity index (χ2n) is 8.10. The lowest BCUT2D eigenvalue weighted by Gasteiger charge is -2.35. The number of anilines is 1. The number of sulfonamides is 1. The lowest BCUT2D eigenvalue weighted by atomic mass is 10.1. The van der Waals surface area contributed by atoms with E-state index in [-0.39, 0.29) is 21.9 Å². The van der Waals surface area contributed by atoms with Gasteiger partial charge in [0.25, 0.3) is 21.8 Å². The first-order chi connectivity index (χ1) is 14.6. The van der Waals surface area contributed by atoms with E-state index in [0.717, 1.165) is 15.8 Å². The third-order valence-electron chi connectivity index (χ3n) is 5.51. The molecule has 0 unspecified atom stereocenters. The molecule has 0 bridgehead atoms. The summed E-state index contributed by atoms with van der Waals surface area (Å²) in [4.78, 5) is 38.0. The minimum Gasteiger partial charge on any atom is -0.353 e. The van der Waals surface area contributed by atoms with Crippen molar-refractivity contribution >= 4 is 27.7 Å². The molecule has 31 heavy (non-hydrogen) atoms. The van der Waals surface area contributed by atoms with E-state index in [1.54, 1.807) is 18.7 Å². The molecule has 1 aromatic carbocycles. The van der Waals surface area contributed by atoms with E-state index in [4.69, 9.17) is 0 Å². The van der Waals surface area contributed by atoms with Crippen molar-refractivity contribution < 1.29 is 18.0 Å². The van der Waals surface area contributed by atoms with Crippen LogP contribution in [0, 0.1) is 13.8 Å². The second-order valence-corrected chi connectivity index (χ2v) is 9.89. The van der Waals surface area contributed by atoms with Crippen molar-refractivity contribution in [1.82, 2.24) is 19.2 Å². The molecule has 4 rings (SSSR count). The quantitative estimate of drug-likeness (QED) is 0.710. The van der Waals surface area contributed by atoms with Crippen LogP contribution < -0.4 is 4.90 Å². The van der Waals surface area contributed by atoms with E-state index >= 15 is 0 Å². The molecule has 2 aliphatic heterocycles. The highest BCUT2D eigenvalue weighted by atomic mass is 32.2. The van der Waals surface area contributed by atoms with E-state index in [1.165, 1.54) is 18.2 Å². The molecule has 1 aromatic heterocycles. The van der Waals surface area contributed by atoms with Crippen LogP contribution in [0.3, 0.4) is 0 Å². The molecule has 2 aliphatic rings. The summed E-state index contributed by atoms with van der Waals surface area (Å²) in [6.45, 7) is 9.27. The fraction of sp³-hybridized carbons (Fsp3) is 0.429. The van der Waals surface area contributed by atoms with Gasteiger partial charge >= 0.3 is 0 Å². The predicted molar refractivity (Wildman–Crippen MR) is 115 cm³/mol. The summed E-state index contributed by atoms with van der Waals surface area (Å²) in [7, 11) is -3.94. The molecule has 164 valence electrons. The predicted octanol–water partition coefficient (Wildman–Crippen LogP) is 1.61. The fourth-order valence-electron chi connectivity index (χ4n) is 4.07.